The molecule has 0 saturated heterocycles. The Morgan fingerprint density at radius 3 is 2.72 bits per heavy atom. The van der Waals surface area contributed by atoms with E-state index in [9.17, 15) is 9.77 Å². The SMILES string of the molecule is O=P(O)(O)CNCCc1cn(O)c2ccccc12. The van der Waals surface area contributed by atoms with Crippen LogP contribution >= 0.6 is 7.60 Å². The van der Waals surface area contributed by atoms with Crippen molar-refractivity contribution in [3.63, 3.8) is 0 Å². The standard InChI is InChI=1S/C11H15N2O4P/c14-13-7-9(5-6-12-8-18(15,16)17)10-3-1-2-4-11(10)13/h1-4,7,12,14H,5-6,8H2,(H2,15,16,17). The summed E-state index contributed by atoms with van der Waals surface area (Å²) < 4.78 is 11.7. The van der Waals surface area contributed by atoms with Gasteiger partial charge in [-0.25, -0.2) is 0 Å². The summed E-state index contributed by atoms with van der Waals surface area (Å²) in [6.45, 7) is 0.444. The molecule has 0 unspecified atom stereocenters. The van der Waals surface area contributed by atoms with E-state index in [2.05, 4.69) is 5.32 Å². The lowest BCUT2D eigenvalue weighted by atomic mass is 10.1. The van der Waals surface area contributed by atoms with E-state index in [1.807, 2.05) is 24.3 Å². The van der Waals surface area contributed by atoms with Gasteiger partial charge in [0.25, 0.3) is 0 Å². The second-order valence-corrected chi connectivity index (χ2v) is 5.73. The smallest absolute Gasteiger partial charge is 0.339 e. The summed E-state index contributed by atoms with van der Waals surface area (Å²) in [5, 5.41) is 13.3. The zero-order chi connectivity index (χ0) is 13.2. The lowest BCUT2D eigenvalue weighted by Crippen LogP contribution is -2.18. The van der Waals surface area contributed by atoms with Gasteiger partial charge >= 0.3 is 7.60 Å². The van der Waals surface area contributed by atoms with Crippen LogP contribution in [0.15, 0.2) is 30.5 Å². The van der Waals surface area contributed by atoms with Crippen molar-refractivity contribution in [2.45, 2.75) is 6.42 Å². The van der Waals surface area contributed by atoms with Gasteiger partial charge in [-0.15, -0.1) is 0 Å². The fourth-order valence-electron chi connectivity index (χ4n) is 1.88. The number of hydrogen-bond donors (Lipinski definition) is 4. The molecule has 2 rings (SSSR count). The van der Waals surface area contributed by atoms with Crippen LogP contribution in [0.1, 0.15) is 5.56 Å². The van der Waals surface area contributed by atoms with Crippen LogP contribution in [0.3, 0.4) is 0 Å². The normalized spacial score (nSPS) is 12.1. The predicted molar refractivity (Wildman–Crippen MR) is 67.7 cm³/mol. The Kier molecular flexibility index (Phi) is 3.73. The minimum atomic E-state index is -4.00. The van der Waals surface area contributed by atoms with Gasteiger partial charge in [0.1, 0.15) is 0 Å². The van der Waals surface area contributed by atoms with Gasteiger partial charge < -0.3 is 20.3 Å². The molecule has 98 valence electrons. The summed E-state index contributed by atoms with van der Waals surface area (Å²) in [5.41, 5.74) is 1.66. The molecule has 0 spiro atoms. The summed E-state index contributed by atoms with van der Waals surface area (Å²) in [5.74, 6) is 0. The second-order valence-electron chi connectivity index (χ2n) is 4.09. The average Bonchev–Trinajstić information content (AvgIpc) is 2.62. The zero-order valence-corrected chi connectivity index (χ0v) is 10.5. The van der Waals surface area contributed by atoms with Crippen molar-refractivity contribution in [3.8, 4) is 0 Å². The van der Waals surface area contributed by atoms with E-state index in [0.29, 0.717) is 13.0 Å². The van der Waals surface area contributed by atoms with Gasteiger partial charge in [0, 0.05) is 11.6 Å². The monoisotopic (exact) mass is 270 g/mol. The first-order valence-corrected chi connectivity index (χ1v) is 7.30. The molecule has 0 radical (unpaired) electrons. The molecule has 0 bridgehead atoms. The molecule has 1 heterocycles. The van der Waals surface area contributed by atoms with E-state index in [-0.39, 0.29) is 6.29 Å². The number of nitrogens with one attached hydrogen (secondary N) is 1. The molecular formula is C11H15N2O4P. The topological polar surface area (TPSA) is 94.7 Å². The summed E-state index contributed by atoms with van der Waals surface area (Å²) in [7, 11) is -4.00. The Morgan fingerprint density at radius 2 is 2.00 bits per heavy atom. The molecular weight excluding hydrogens is 255 g/mol. The average molecular weight is 270 g/mol. The van der Waals surface area contributed by atoms with E-state index in [1.54, 1.807) is 6.20 Å². The summed E-state index contributed by atoms with van der Waals surface area (Å²) >= 11 is 0. The van der Waals surface area contributed by atoms with Crippen LogP contribution in [0.5, 0.6) is 0 Å². The van der Waals surface area contributed by atoms with Crippen molar-refractivity contribution in [1.29, 1.82) is 0 Å². The van der Waals surface area contributed by atoms with Gasteiger partial charge in [0.2, 0.25) is 0 Å². The first kappa shape index (κ1) is 13.1. The highest BCUT2D eigenvalue weighted by Crippen LogP contribution is 2.31. The highest BCUT2D eigenvalue weighted by molar-refractivity contribution is 7.51. The summed E-state index contributed by atoms with van der Waals surface area (Å²) in [6, 6.07) is 7.43. The maximum Gasteiger partial charge on any atom is 0.339 e. The second kappa shape index (κ2) is 5.12. The Hall–Kier alpha value is -1.33. The number of fused-ring (bicyclic) bond motifs is 1. The number of aromatic nitrogens is 1. The van der Waals surface area contributed by atoms with E-state index in [0.717, 1.165) is 21.2 Å². The largest absolute Gasteiger partial charge is 0.428 e. The van der Waals surface area contributed by atoms with Crippen molar-refractivity contribution in [2.75, 3.05) is 12.8 Å². The highest BCUT2D eigenvalue weighted by Gasteiger charge is 2.12. The molecule has 7 heteroatoms. The number of para-hydroxylation sites is 1. The molecule has 18 heavy (non-hydrogen) atoms. The van der Waals surface area contributed by atoms with E-state index < -0.39 is 7.60 Å². The van der Waals surface area contributed by atoms with Gasteiger partial charge in [0.05, 0.1) is 11.8 Å². The Morgan fingerprint density at radius 1 is 1.28 bits per heavy atom. The van der Waals surface area contributed by atoms with Gasteiger partial charge in [0.15, 0.2) is 0 Å². The molecule has 0 aliphatic heterocycles. The molecule has 0 aliphatic carbocycles. The van der Waals surface area contributed by atoms with Crippen molar-refractivity contribution in [2.24, 2.45) is 0 Å². The minimum Gasteiger partial charge on any atom is -0.428 e. The quantitative estimate of drug-likeness (QED) is 0.371. The van der Waals surface area contributed by atoms with E-state index >= 15 is 0 Å². The Balaban J connectivity index is 2.02. The third-order valence-electron chi connectivity index (χ3n) is 2.66. The van der Waals surface area contributed by atoms with Crippen LogP contribution in [-0.2, 0) is 11.0 Å². The molecule has 4 N–H and O–H groups in total. The van der Waals surface area contributed by atoms with E-state index in [1.165, 1.54) is 0 Å². The number of hydrogen-bond acceptors (Lipinski definition) is 3. The minimum absolute atomic E-state index is 0.329. The van der Waals surface area contributed by atoms with Gasteiger partial charge in [-0.05, 0) is 24.6 Å². The van der Waals surface area contributed by atoms with Crippen LogP contribution in [0.25, 0.3) is 10.9 Å². The first-order chi connectivity index (χ1) is 8.47. The molecule has 0 atom stereocenters. The number of rotatable bonds is 5. The predicted octanol–water partition coefficient (Wildman–Crippen LogP) is 1.15. The molecule has 0 aliphatic rings. The molecule has 0 saturated carbocycles. The van der Waals surface area contributed by atoms with Gasteiger partial charge in [-0.1, -0.05) is 18.2 Å². The van der Waals surface area contributed by atoms with Crippen LogP contribution in [0, 0.1) is 0 Å². The third-order valence-corrected chi connectivity index (χ3v) is 3.30. The maximum atomic E-state index is 10.6. The molecule has 6 nitrogen and oxygen atoms in total. The van der Waals surface area contributed by atoms with Crippen LogP contribution < -0.4 is 5.32 Å². The molecule has 2 aromatic rings. The molecule has 0 amide bonds. The van der Waals surface area contributed by atoms with Crippen molar-refractivity contribution < 1.29 is 19.6 Å². The number of nitrogens with zero attached hydrogens (tertiary/aromatic N) is 1. The lowest BCUT2D eigenvalue weighted by Gasteiger charge is -2.05. The first-order valence-electron chi connectivity index (χ1n) is 5.51. The lowest BCUT2D eigenvalue weighted by molar-refractivity contribution is 0.199. The van der Waals surface area contributed by atoms with Crippen LogP contribution in [-0.4, -0.2) is 32.6 Å². The van der Waals surface area contributed by atoms with Crippen LogP contribution in [0.4, 0.5) is 0 Å². The summed E-state index contributed by atoms with van der Waals surface area (Å²) in [6.07, 6.45) is 1.88. The van der Waals surface area contributed by atoms with E-state index in [4.69, 9.17) is 9.79 Å². The fraction of sp³-hybridized carbons (Fsp3) is 0.273. The third kappa shape index (κ3) is 3.11. The maximum absolute atomic E-state index is 10.6. The Bertz CT molecular complexity index is 590. The van der Waals surface area contributed by atoms with Gasteiger partial charge in [-0.2, -0.15) is 4.73 Å². The van der Waals surface area contributed by atoms with Gasteiger partial charge in [-0.3, -0.25) is 4.57 Å². The summed E-state index contributed by atoms with van der Waals surface area (Å²) in [4.78, 5) is 17.4. The Labute approximate surface area is 104 Å². The number of benzene rings is 1. The van der Waals surface area contributed by atoms with Crippen molar-refractivity contribution >= 4 is 18.5 Å². The van der Waals surface area contributed by atoms with Crippen molar-refractivity contribution in [1.82, 2.24) is 10.0 Å². The molecule has 1 aromatic heterocycles. The zero-order valence-electron chi connectivity index (χ0n) is 9.65. The van der Waals surface area contributed by atoms with Crippen molar-refractivity contribution in [3.05, 3.63) is 36.0 Å². The van der Waals surface area contributed by atoms with Crippen LogP contribution in [0.2, 0.25) is 0 Å². The fourth-order valence-corrected chi connectivity index (χ4v) is 2.33. The molecule has 0 fully saturated rings. The molecule has 1 aromatic carbocycles. The highest BCUT2D eigenvalue weighted by atomic mass is 31.2.